The molecule has 92 valence electrons. The van der Waals surface area contributed by atoms with Gasteiger partial charge in [-0.2, -0.15) is 5.10 Å². The van der Waals surface area contributed by atoms with Crippen molar-refractivity contribution in [3.63, 3.8) is 0 Å². The fourth-order valence-electron chi connectivity index (χ4n) is 1.91. The molecule has 0 atom stereocenters. The molecule has 0 aliphatic heterocycles. The van der Waals surface area contributed by atoms with Crippen molar-refractivity contribution in [2.75, 3.05) is 0 Å². The Hall–Kier alpha value is -2.14. The molecule has 0 aromatic carbocycles. The molecule has 5 heteroatoms. The maximum Gasteiger partial charge on any atom is 0.208 e. The normalized spacial score (nSPS) is 11.2. The number of pyridine rings is 1. The van der Waals surface area contributed by atoms with Crippen LogP contribution < -0.4 is 5.32 Å². The van der Waals surface area contributed by atoms with Crippen molar-refractivity contribution in [2.24, 2.45) is 0 Å². The number of oxazole rings is 1. The summed E-state index contributed by atoms with van der Waals surface area (Å²) in [6, 6.07) is 6.03. The number of rotatable bonds is 4. The van der Waals surface area contributed by atoms with Gasteiger partial charge >= 0.3 is 0 Å². The van der Waals surface area contributed by atoms with Crippen LogP contribution in [0, 0.1) is 6.92 Å². The predicted molar refractivity (Wildman–Crippen MR) is 67.0 cm³/mol. The minimum absolute atomic E-state index is 0.623. The molecule has 0 saturated heterocycles. The maximum atomic E-state index is 5.40. The molecule has 0 aliphatic rings. The third-order valence-electron chi connectivity index (χ3n) is 2.77. The Kier molecular flexibility index (Phi) is 2.82. The van der Waals surface area contributed by atoms with Gasteiger partial charge in [0.1, 0.15) is 5.76 Å². The zero-order valence-electron chi connectivity index (χ0n) is 10.1. The molecule has 5 nitrogen and oxygen atoms in total. The van der Waals surface area contributed by atoms with Gasteiger partial charge in [0.15, 0.2) is 0 Å². The quantitative estimate of drug-likeness (QED) is 0.759. The third-order valence-corrected chi connectivity index (χ3v) is 2.77. The molecule has 0 saturated carbocycles. The Morgan fingerprint density at radius 2 is 2.22 bits per heavy atom. The molecule has 0 unspecified atom stereocenters. The van der Waals surface area contributed by atoms with Crippen LogP contribution in [0.4, 0.5) is 0 Å². The summed E-state index contributed by atoms with van der Waals surface area (Å²) in [5.74, 6) is 1.55. The fourth-order valence-corrected chi connectivity index (χ4v) is 1.91. The van der Waals surface area contributed by atoms with E-state index in [2.05, 4.69) is 21.5 Å². The lowest BCUT2D eigenvalue weighted by Crippen LogP contribution is -2.12. The lowest BCUT2D eigenvalue weighted by atomic mass is 10.2. The summed E-state index contributed by atoms with van der Waals surface area (Å²) in [6.07, 6.45) is 5.55. The number of hydrogen-bond donors (Lipinski definition) is 1. The summed E-state index contributed by atoms with van der Waals surface area (Å²) in [5.41, 5.74) is 2.28. The van der Waals surface area contributed by atoms with Gasteiger partial charge in [-0.05, 0) is 19.1 Å². The van der Waals surface area contributed by atoms with Crippen LogP contribution in [0.2, 0.25) is 0 Å². The molecule has 0 spiro atoms. The lowest BCUT2D eigenvalue weighted by Gasteiger charge is -2.00. The molecule has 0 radical (unpaired) electrons. The number of nitrogens with one attached hydrogen (secondary N) is 1. The van der Waals surface area contributed by atoms with E-state index in [1.807, 2.05) is 36.0 Å². The minimum atomic E-state index is 0.623. The van der Waals surface area contributed by atoms with E-state index < -0.39 is 0 Å². The first-order valence-electron chi connectivity index (χ1n) is 5.86. The van der Waals surface area contributed by atoms with E-state index in [9.17, 15) is 0 Å². The molecular weight excluding hydrogens is 228 g/mol. The molecule has 1 N–H and O–H groups in total. The minimum Gasteiger partial charge on any atom is -0.445 e. The van der Waals surface area contributed by atoms with Crippen molar-refractivity contribution in [1.29, 1.82) is 0 Å². The second kappa shape index (κ2) is 4.62. The van der Waals surface area contributed by atoms with Crippen LogP contribution in [0.15, 0.2) is 41.2 Å². The van der Waals surface area contributed by atoms with Crippen LogP contribution in [0.3, 0.4) is 0 Å². The Bertz CT molecular complexity index is 656. The summed E-state index contributed by atoms with van der Waals surface area (Å²) in [6.45, 7) is 3.26. The Morgan fingerprint density at radius 3 is 3.06 bits per heavy atom. The zero-order valence-corrected chi connectivity index (χ0v) is 10.1. The van der Waals surface area contributed by atoms with Crippen LogP contribution >= 0.6 is 0 Å². The Labute approximate surface area is 104 Å². The monoisotopic (exact) mass is 242 g/mol. The fraction of sp³-hybridized carbons (Fsp3) is 0.231. The van der Waals surface area contributed by atoms with Gasteiger partial charge in [0.2, 0.25) is 5.89 Å². The first-order valence-corrected chi connectivity index (χ1v) is 5.86. The number of aryl methyl sites for hydroxylation is 1. The molecule has 3 rings (SSSR count). The number of nitrogens with zero attached hydrogens (tertiary/aromatic N) is 3. The zero-order chi connectivity index (χ0) is 12.4. The van der Waals surface area contributed by atoms with Crippen molar-refractivity contribution in [3.05, 3.63) is 54.0 Å². The smallest absolute Gasteiger partial charge is 0.208 e. The van der Waals surface area contributed by atoms with Gasteiger partial charge in [-0.15, -0.1) is 0 Å². The number of aromatic nitrogens is 3. The van der Waals surface area contributed by atoms with Crippen LogP contribution in [0.5, 0.6) is 0 Å². The van der Waals surface area contributed by atoms with E-state index in [1.54, 1.807) is 6.20 Å². The molecular formula is C13H14N4O. The molecule has 0 amide bonds. The van der Waals surface area contributed by atoms with Gasteiger partial charge in [-0.25, -0.2) is 9.50 Å². The molecule has 0 bridgehead atoms. The third kappa shape index (κ3) is 2.12. The molecule has 0 fully saturated rings. The van der Waals surface area contributed by atoms with E-state index >= 15 is 0 Å². The average Bonchev–Trinajstić information content (AvgIpc) is 2.97. The van der Waals surface area contributed by atoms with E-state index in [4.69, 9.17) is 4.42 Å². The van der Waals surface area contributed by atoms with Crippen LogP contribution in [-0.2, 0) is 13.1 Å². The van der Waals surface area contributed by atoms with E-state index in [0.29, 0.717) is 12.4 Å². The molecule has 3 aromatic rings. The van der Waals surface area contributed by atoms with Crippen LogP contribution in [-0.4, -0.2) is 14.6 Å². The van der Waals surface area contributed by atoms with E-state index in [0.717, 1.165) is 17.8 Å². The largest absolute Gasteiger partial charge is 0.445 e. The van der Waals surface area contributed by atoms with Gasteiger partial charge in [0, 0.05) is 18.3 Å². The number of fused-ring (bicyclic) bond motifs is 1. The molecule has 0 aliphatic carbocycles. The van der Waals surface area contributed by atoms with Crippen molar-refractivity contribution in [2.45, 2.75) is 20.0 Å². The van der Waals surface area contributed by atoms with E-state index in [1.165, 1.54) is 5.56 Å². The standard InChI is InChI=1S/C13H14N4O/c1-10-6-15-13(18-10)9-14-7-11-8-16-17-5-3-2-4-12(11)17/h2-6,8,14H,7,9H2,1H3. The predicted octanol–water partition coefficient (Wildman–Crippen LogP) is 1.92. The highest BCUT2D eigenvalue weighted by Crippen LogP contribution is 2.09. The van der Waals surface area contributed by atoms with Crippen LogP contribution in [0.1, 0.15) is 17.2 Å². The second-order valence-electron chi connectivity index (χ2n) is 4.17. The molecule has 3 heterocycles. The lowest BCUT2D eigenvalue weighted by molar-refractivity contribution is 0.449. The maximum absolute atomic E-state index is 5.40. The van der Waals surface area contributed by atoms with Gasteiger partial charge in [-0.3, -0.25) is 0 Å². The molecule has 3 aromatic heterocycles. The van der Waals surface area contributed by atoms with Gasteiger partial charge in [0.05, 0.1) is 24.5 Å². The summed E-state index contributed by atoms with van der Waals surface area (Å²) in [4.78, 5) is 4.15. The van der Waals surface area contributed by atoms with Gasteiger partial charge in [-0.1, -0.05) is 6.07 Å². The Morgan fingerprint density at radius 1 is 1.28 bits per heavy atom. The average molecular weight is 242 g/mol. The highest BCUT2D eigenvalue weighted by atomic mass is 16.4. The molecule has 18 heavy (non-hydrogen) atoms. The highest BCUT2D eigenvalue weighted by Gasteiger charge is 2.04. The van der Waals surface area contributed by atoms with Gasteiger partial charge in [0.25, 0.3) is 0 Å². The summed E-state index contributed by atoms with van der Waals surface area (Å²) >= 11 is 0. The van der Waals surface area contributed by atoms with Crippen molar-refractivity contribution < 1.29 is 4.42 Å². The second-order valence-corrected chi connectivity index (χ2v) is 4.17. The van der Waals surface area contributed by atoms with Crippen molar-refractivity contribution in [3.8, 4) is 0 Å². The summed E-state index contributed by atoms with van der Waals surface area (Å²) < 4.78 is 7.26. The Balaban J connectivity index is 1.66. The van der Waals surface area contributed by atoms with E-state index in [-0.39, 0.29) is 0 Å². The SMILES string of the molecule is Cc1cnc(CNCc2cnn3ccccc23)o1. The summed E-state index contributed by atoms with van der Waals surface area (Å²) in [7, 11) is 0. The topological polar surface area (TPSA) is 55.4 Å². The van der Waals surface area contributed by atoms with Crippen molar-refractivity contribution >= 4 is 5.52 Å². The first kappa shape index (κ1) is 11.0. The summed E-state index contributed by atoms with van der Waals surface area (Å²) in [5, 5.41) is 7.59. The first-order chi connectivity index (χ1) is 8.83. The highest BCUT2D eigenvalue weighted by molar-refractivity contribution is 5.53. The van der Waals surface area contributed by atoms with Crippen molar-refractivity contribution in [1.82, 2.24) is 19.9 Å². The number of hydrogen-bond acceptors (Lipinski definition) is 4. The van der Waals surface area contributed by atoms with Gasteiger partial charge < -0.3 is 9.73 Å². The van der Waals surface area contributed by atoms with Crippen LogP contribution in [0.25, 0.3) is 5.52 Å².